The Kier molecular flexibility index (Phi) is 4.73. The average molecular weight is 377 g/mol. The zero-order chi connectivity index (χ0) is 17.9. The number of hydrogen-bond donors (Lipinski definition) is 0. The van der Waals surface area contributed by atoms with Gasteiger partial charge in [0.25, 0.3) is 0 Å². The Morgan fingerprint density at radius 1 is 0.615 bits per heavy atom. The molecule has 128 valence electrons. The topological polar surface area (TPSA) is 47.0 Å². The molecule has 0 amide bonds. The van der Waals surface area contributed by atoms with Crippen molar-refractivity contribution >= 4 is 32.4 Å². The van der Waals surface area contributed by atoms with Crippen LogP contribution in [-0.2, 0) is 21.6 Å². The maximum absolute atomic E-state index is 13.3. The van der Waals surface area contributed by atoms with Gasteiger partial charge in [-0.25, -0.2) is 13.4 Å². The zero-order valence-electron chi connectivity index (χ0n) is 13.7. The van der Waals surface area contributed by atoms with Gasteiger partial charge in [0.05, 0.1) is 20.6 Å². The normalized spacial score (nSPS) is 13.4. The van der Waals surface area contributed by atoms with Crippen molar-refractivity contribution in [1.29, 1.82) is 0 Å². The molecule has 3 aromatic carbocycles. The van der Waals surface area contributed by atoms with Crippen molar-refractivity contribution in [3.63, 3.8) is 0 Å². The summed E-state index contributed by atoms with van der Waals surface area (Å²) in [5, 5.41) is 2.27. The predicted octanol–water partition coefficient (Wildman–Crippen LogP) is 4.57. The lowest BCUT2D eigenvalue weighted by molar-refractivity contribution is 0.670. The summed E-state index contributed by atoms with van der Waals surface area (Å²) in [6, 6.07) is 26.1. The lowest BCUT2D eigenvalue weighted by atomic mass is 10.1. The van der Waals surface area contributed by atoms with Crippen LogP contribution >= 0.6 is 0 Å². The molecule has 0 saturated carbocycles. The Morgan fingerprint density at radius 2 is 1.31 bits per heavy atom. The highest BCUT2D eigenvalue weighted by Gasteiger charge is 2.20. The summed E-state index contributed by atoms with van der Waals surface area (Å²) >= 11 is 0. The summed E-state index contributed by atoms with van der Waals surface area (Å²) in [7, 11) is -2.97. The number of rotatable bonds is 4. The fourth-order valence-corrected chi connectivity index (χ4v) is 5.52. The molecule has 0 aliphatic rings. The third-order valence-corrected chi connectivity index (χ3v) is 7.01. The summed E-state index contributed by atoms with van der Waals surface area (Å²) in [5.74, 6) is 0. The lowest BCUT2D eigenvalue weighted by Crippen LogP contribution is -2.04. The van der Waals surface area contributed by atoms with E-state index in [1.165, 1.54) is 0 Å². The molecule has 26 heavy (non-hydrogen) atoms. The molecule has 0 aliphatic heterocycles. The predicted molar refractivity (Wildman–Crippen MR) is 104 cm³/mol. The Hall–Kier alpha value is -2.63. The van der Waals surface area contributed by atoms with Crippen LogP contribution in [0, 0.1) is 0 Å². The first-order valence-electron chi connectivity index (χ1n) is 8.07. The van der Waals surface area contributed by atoms with Gasteiger partial charge in [-0.3, -0.25) is 0 Å². The van der Waals surface area contributed by atoms with Crippen molar-refractivity contribution in [1.82, 2.24) is 4.98 Å². The molecule has 0 N–H and O–H groups in total. The molecule has 2 unspecified atom stereocenters. The second-order valence-electron chi connectivity index (χ2n) is 5.63. The first kappa shape index (κ1) is 16.8. The van der Waals surface area contributed by atoms with Crippen LogP contribution in [0.15, 0.2) is 111 Å². The van der Waals surface area contributed by atoms with E-state index < -0.39 is 21.6 Å². The first-order valence-corrected chi connectivity index (χ1v) is 10.4. The summed E-state index contributed by atoms with van der Waals surface area (Å²) in [5.41, 5.74) is 0. The Balaban J connectivity index is 1.84. The molecule has 0 saturated heterocycles. The molecule has 0 fully saturated rings. The largest absolute Gasteiger partial charge is 0.249 e. The van der Waals surface area contributed by atoms with Crippen molar-refractivity contribution < 1.29 is 8.42 Å². The Morgan fingerprint density at radius 3 is 2.15 bits per heavy atom. The van der Waals surface area contributed by atoms with Crippen LogP contribution in [0.3, 0.4) is 0 Å². The molecule has 0 aliphatic carbocycles. The van der Waals surface area contributed by atoms with Crippen LogP contribution in [0.25, 0.3) is 10.8 Å². The molecule has 1 aromatic heterocycles. The molecule has 3 nitrogen and oxygen atoms in total. The number of hydrogen-bond acceptors (Lipinski definition) is 3. The maximum atomic E-state index is 13.3. The highest BCUT2D eigenvalue weighted by atomic mass is 32.2. The molecular formula is C21H15NO2S2. The van der Waals surface area contributed by atoms with Gasteiger partial charge in [-0.1, -0.05) is 54.6 Å². The molecule has 5 heteroatoms. The van der Waals surface area contributed by atoms with Crippen LogP contribution in [-0.4, -0.2) is 13.4 Å². The van der Waals surface area contributed by atoms with E-state index in [-0.39, 0.29) is 0 Å². The highest BCUT2D eigenvalue weighted by Crippen LogP contribution is 2.28. The summed E-state index contributed by atoms with van der Waals surface area (Å²) in [6.45, 7) is 0. The first-order chi connectivity index (χ1) is 12.8. The molecule has 0 spiro atoms. The van der Waals surface area contributed by atoms with E-state index >= 15 is 0 Å². The molecule has 1 heterocycles. The monoisotopic (exact) mass is 377 g/mol. The van der Waals surface area contributed by atoms with E-state index in [2.05, 4.69) is 4.98 Å². The van der Waals surface area contributed by atoms with Crippen LogP contribution in [0.5, 0.6) is 0 Å². The number of aromatic nitrogens is 1. The number of fused-ring (bicyclic) bond motifs is 1. The van der Waals surface area contributed by atoms with E-state index in [4.69, 9.17) is 0 Å². The van der Waals surface area contributed by atoms with Gasteiger partial charge in [-0.15, -0.1) is 0 Å². The van der Waals surface area contributed by atoms with Gasteiger partial charge in [0, 0.05) is 11.1 Å². The zero-order valence-corrected chi connectivity index (χ0v) is 15.4. The van der Waals surface area contributed by atoms with E-state index in [1.54, 1.807) is 30.5 Å². The van der Waals surface area contributed by atoms with E-state index in [0.717, 1.165) is 10.8 Å². The number of nitrogens with zero attached hydrogens (tertiary/aromatic N) is 1. The Bertz CT molecular complexity index is 1120. The van der Waals surface area contributed by atoms with Gasteiger partial charge in [-0.05, 0) is 41.1 Å². The second kappa shape index (κ2) is 7.32. The van der Waals surface area contributed by atoms with Crippen LogP contribution in [0.4, 0.5) is 0 Å². The van der Waals surface area contributed by atoms with Crippen molar-refractivity contribution in [2.75, 3.05) is 0 Å². The highest BCUT2D eigenvalue weighted by molar-refractivity contribution is 7.88. The second-order valence-corrected chi connectivity index (χ2v) is 8.45. The van der Waals surface area contributed by atoms with E-state index in [9.17, 15) is 8.42 Å². The number of benzene rings is 3. The van der Waals surface area contributed by atoms with Crippen molar-refractivity contribution in [2.24, 2.45) is 0 Å². The summed E-state index contributed by atoms with van der Waals surface area (Å²) in [4.78, 5) is 6.13. The van der Waals surface area contributed by atoms with Crippen molar-refractivity contribution in [2.45, 2.75) is 19.7 Å². The van der Waals surface area contributed by atoms with Gasteiger partial charge in [0.2, 0.25) is 0 Å². The van der Waals surface area contributed by atoms with Crippen molar-refractivity contribution in [3.05, 3.63) is 91.1 Å². The summed E-state index contributed by atoms with van der Waals surface area (Å²) < 4.78 is 26.3. The molecule has 2 atom stereocenters. The van der Waals surface area contributed by atoms with Gasteiger partial charge in [0.1, 0.15) is 15.8 Å². The SMILES string of the molecule is O=S(c1ccccc1)c1cccnc1S(=O)c1cccc2ccccc12. The molecule has 0 bridgehead atoms. The quantitative estimate of drug-likeness (QED) is 0.523. The maximum Gasteiger partial charge on any atom is 0.148 e. The fourth-order valence-electron chi connectivity index (χ4n) is 2.79. The summed E-state index contributed by atoms with van der Waals surface area (Å²) in [6.07, 6.45) is 1.59. The molecule has 4 rings (SSSR count). The third-order valence-electron chi connectivity index (χ3n) is 4.02. The van der Waals surface area contributed by atoms with E-state index in [0.29, 0.717) is 19.7 Å². The lowest BCUT2D eigenvalue weighted by Gasteiger charge is -2.10. The molecule has 0 radical (unpaired) electrons. The van der Waals surface area contributed by atoms with Crippen LogP contribution in [0.2, 0.25) is 0 Å². The van der Waals surface area contributed by atoms with Gasteiger partial charge < -0.3 is 0 Å². The smallest absolute Gasteiger partial charge is 0.148 e. The standard InChI is InChI=1S/C21H15NO2S2/c23-25(17-10-2-1-3-11-17)20-14-7-15-22-21(20)26(24)19-13-6-9-16-8-4-5-12-18(16)19/h1-15H. The molecular weight excluding hydrogens is 362 g/mol. The minimum atomic E-state index is -1.53. The van der Waals surface area contributed by atoms with Crippen LogP contribution in [0.1, 0.15) is 0 Å². The van der Waals surface area contributed by atoms with Crippen LogP contribution < -0.4 is 0 Å². The van der Waals surface area contributed by atoms with Crippen molar-refractivity contribution in [3.8, 4) is 0 Å². The Labute approximate surface area is 156 Å². The van der Waals surface area contributed by atoms with E-state index in [1.807, 2.05) is 60.7 Å². The fraction of sp³-hybridized carbons (Fsp3) is 0. The third kappa shape index (κ3) is 3.11. The average Bonchev–Trinajstić information content (AvgIpc) is 2.73. The van der Waals surface area contributed by atoms with Gasteiger partial charge in [0.15, 0.2) is 0 Å². The minimum Gasteiger partial charge on any atom is -0.249 e. The van der Waals surface area contributed by atoms with Gasteiger partial charge >= 0.3 is 0 Å². The minimum absolute atomic E-state index is 0.339. The van der Waals surface area contributed by atoms with Gasteiger partial charge in [-0.2, -0.15) is 0 Å². The number of pyridine rings is 1. The molecule has 4 aromatic rings.